The van der Waals surface area contributed by atoms with Crippen LogP contribution in [0.15, 0.2) is 42.5 Å². The molecule has 170 valence electrons. The molecule has 0 saturated carbocycles. The second kappa shape index (κ2) is 10.6. The molecule has 1 atom stereocenters. The molecule has 2 aliphatic rings. The number of fused-ring (bicyclic) bond motifs is 1. The summed E-state index contributed by atoms with van der Waals surface area (Å²) in [5, 5.41) is 0.869. The third-order valence-electron chi connectivity index (χ3n) is 7.24. The van der Waals surface area contributed by atoms with Gasteiger partial charge in [0.15, 0.2) is 0 Å². The molecule has 0 spiro atoms. The SMILES string of the molecule is CC(=O)N1CCc2ccc(C(CCC=O)N3CCC(c4ccccc4Cl)CC3)cc2CC1. The fourth-order valence-corrected chi connectivity index (χ4v) is 5.67. The Morgan fingerprint density at radius 3 is 2.47 bits per heavy atom. The maximum absolute atomic E-state index is 11.8. The van der Waals surface area contributed by atoms with Crippen molar-refractivity contribution in [3.63, 3.8) is 0 Å². The first-order valence-electron chi connectivity index (χ1n) is 11.9. The van der Waals surface area contributed by atoms with Gasteiger partial charge in [-0.05, 0) is 79.4 Å². The molecular weight excluding hydrogens is 420 g/mol. The van der Waals surface area contributed by atoms with Gasteiger partial charge in [0.1, 0.15) is 6.29 Å². The molecule has 0 aromatic heterocycles. The van der Waals surface area contributed by atoms with Gasteiger partial charge in [-0.2, -0.15) is 0 Å². The Kier molecular flexibility index (Phi) is 7.64. The van der Waals surface area contributed by atoms with E-state index in [4.69, 9.17) is 11.6 Å². The summed E-state index contributed by atoms with van der Waals surface area (Å²) >= 11 is 6.45. The number of carbonyl (C=O) groups is 2. The Morgan fingerprint density at radius 1 is 1.06 bits per heavy atom. The number of rotatable bonds is 6. The highest BCUT2D eigenvalue weighted by atomic mass is 35.5. The van der Waals surface area contributed by atoms with Crippen LogP contribution in [0.1, 0.15) is 66.8 Å². The molecular formula is C27H33ClN2O2. The van der Waals surface area contributed by atoms with Crippen LogP contribution in [0, 0.1) is 0 Å². The predicted molar refractivity (Wildman–Crippen MR) is 129 cm³/mol. The number of nitrogens with zero attached hydrogens (tertiary/aromatic N) is 2. The highest BCUT2D eigenvalue weighted by Gasteiger charge is 2.28. The highest BCUT2D eigenvalue weighted by molar-refractivity contribution is 6.31. The number of hydrogen-bond acceptors (Lipinski definition) is 3. The fraction of sp³-hybridized carbons (Fsp3) is 0.481. The minimum Gasteiger partial charge on any atom is -0.342 e. The lowest BCUT2D eigenvalue weighted by molar-refractivity contribution is -0.128. The summed E-state index contributed by atoms with van der Waals surface area (Å²) in [6.45, 7) is 5.26. The highest BCUT2D eigenvalue weighted by Crippen LogP contribution is 2.37. The van der Waals surface area contributed by atoms with Crippen LogP contribution in [-0.2, 0) is 22.4 Å². The Morgan fingerprint density at radius 2 is 1.78 bits per heavy atom. The molecule has 4 nitrogen and oxygen atoms in total. The molecule has 4 rings (SSSR count). The molecule has 32 heavy (non-hydrogen) atoms. The molecule has 2 aromatic carbocycles. The van der Waals surface area contributed by atoms with Gasteiger partial charge in [-0.1, -0.05) is 48.0 Å². The number of halogens is 1. The van der Waals surface area contributed by atoms with Crippen molar-refractivity contribution in [1.29, 1.82) is 0 Å². The van der Waals surface area contributed by atoms with Gasteiger partial charge in [0.2, 0.25) is 5.91 Å². The first-order chi connectivity index (χ1) is 15.6. The lowest BCUT2D eigenvalue weighted by Gasteiger charge is -2.38. The third kappa shape index (κ3) is 5.24. The average molecular weight is 453 g/mol. The van der Waals surface area contributed by atoms with Crippen molar-refractivity contribution in [2.45, 2.75) is 57.4 Å². The molecule has 2 heterocycles. The minimum atomic E-state index is 0.156. The molecule has 1 saturated heterocycles. The molecule has 0 N–H and O–H groups in total. The number of amides is 1. The summed E-state index contributed by atoms with van der Waals surface area (Å²) in [5.41, 5.74) is 5.27. The summed E-state index contributed by atoms with van der Waals surface area (Å²) < 4.78 is 0. The molecule has 5 heteroatoms. The molecule has 0 radical (unpaired) electrons. The van der Waals surface area contributed by atoms with Gasteiger partial charge in [-0.15, -0.1) is 0 Å². The molecule has 2 aromatic rings. The Bertz CT molecular complexity index is 952. The largest absolute Gasteiger partial charge is 0.342 e. The summed E-state index contributed by atoms with van der Waals surface area (Å²) in [6, 6.07) is 15.3. The molecule has 2 aliphatic heterocycles. The van der Waals surface area contributed by atoms with Gasteiger partial charge in [0.25, 0.3) is 0 Å². The van der Waals surface area contributed by atoms with E-state index < -0.39 is 0 Å². The number of carbonyl (C=O) groups excluding carboxylic acids is 2. The zero-order valence-corrected chi connectivity index (χ0v) is 19.7. The number of likely N-dealkylation sites (tertiary alicyclic amines) is 1. The van der Waals surface area contributed by atoms with Gasteiger partial charge < -0.3 is 9.69 Å². The van der Waals surface area contributed by atoms with E-state index in [1.165, 1.54) is 22.3 Å². The van der Waals surface area contributed by atoms with Crippen LogP contribution in [0.3, 0.4) is 0 Å². The second-order valence-electron chi connectivity index (χ2n) is 9.13. The van der Waals surface area contributed by atoms with Crippen LogP contribution in [0.2, 0.25) is 5.02 Å². The Hall–Kier alpha value is -2.17. The second-order valence-corrected chi connectivity index (χ2v) is 9.53. The van der Waals surface area contributed by atoms with Gasteiger partial charge in [0, 0.05) is 37.5 Å². The zero-order chi connectivity index (χ0) is 22.5. The van der Waals surface area contributed by atoms with Crippen molar-refractivity contribution in [3.05, 3.63) is 69.7 Å². The van der Waals surface area contributed by atoms with E-state index in [-0.39, 0.29) is 11.9 Å². The van der Waals surface area contributed by atoms with Crippen LogP contribution < -0.4 is 0 Å². The van der Waals surface area contributed by atoms with Crippen LogP contribution in [0.25, 0.3) is 0 Å². The molecule has 1 fully saturated rings. The van der Waals surface area contributed by atoms with Crippen molar-refractivity contribution < 1.29 is 9.59 Å². The average Bonchev–Trinajstić information content (AvgIpc) is 3.03. The van der Waals surface area contributed by atoms with Gasteiger partial charge in [-0.25, -0.2) is 0 Å². The molecule has 0 bridgehead atoms. The molecule has 1 unspecified atom stereocenters. The lowest BCUT2D eigenvalue weighted by atomic mass is 9.87. The van der Waals surface area contributed by atoms with E-state index in [0.29, 0.717) is 12.3 Å². The quantitative estimate of drug-likeness (QED) is 0.566. The van der Waals surface area contributed by atoms with E-state index >= 15 is 0 Å². The number of aldehydes is 1. The first kappa shape index (κ1) is 23.0. The normalized spacial score (nSPS) is 18.6. The van der Waals surface area contributed by atoms with Gasteiger partial charge in [0.05, 0.1) is 0 Å². The number of piperidine rings is 1. The molecule has 1 amide bonds. The van der Waals surface area contributed by atoms with Crippen molar-refractivity contribution in [2.24, 2.45) is 0 Å². The van der Waals surface area contributed by atoms with Crippen LogP contribution >= 0.6 is 11.6 Å². The Labute approximate surface area is 196 Å². The summed E-state index contributed by atoms with van der Waals surface area (Å²) in [7, 11) is 0. The predicted octanol–water partition coefficient (Wildman–Crippen LogP) is 5.19. The maximum atomic E-state index is 11.8. The van der Waals surface area contributed by atoms with Crippen molar-refractivity contribution >= 4 is 23.8 Å². The van der Waals surface area contributed by atoms with Crippen LogP contribution in [0.5, 0.6) is 0 Å². The smallest absolute Gasteiger partial charge is 0.219 e. The summed E-state index contributed by atoms with van der Waals surface area (Å²) in [5.74, 6) is 0.652. The standard InChI is InChI=1S/C27H33ClN2O2/c1-20(32)29-14-10-21-8-9-24(19-23(21)13-15-29)27(7-4-18-31)30-16-11-22(12-17-30)25-5-2-3-6-26(25)28/h2-3,5-6,8-9,18-19,22,27H,4,7,10-17H2,1H3. The Balaban J connectivity index is 1.49. The van der Waals surface area contributed by atoms with E-state index in [0.717, 1.165) is 69.6 Å². The van der Waals surface area contributed by atoms with Crippen molar-refractivity contribution in [1.82, 2.24) is 9.80 Å². The monoisotopic (exact) mass is 452 g/mol. The van der Waals surface area contributed by atoms with Gasteiger partial charge in [-0.3, -0.25) is 9.69 Å². The van der Waals surface area contributed by atoms with Gasteiger partial charge >= 0.3 is 0 Å². The van der Waals surface area contributed by atoms with Crippen molar-refractivity contribution in [2.75, 3.05) is 26.2 Å². The van der Waals surface area contributed by atoms with E-state index in [1.54, 1.807) is 6.92 Å². The molecule has 0 aliphatic carbocycles. The number of benzene rings is 2. The van der Waals surface area contributed by atoms with Crippen LogP contribution in [-0.4, -0.2) is 48.2 Å². The fourth-order valence-electron chi connectivity index (χ4n) is 5.38. The third-order valence-corrected chi connectivity index (χ3v) is 7.58. The summed E-state index contributed by atoms with van der Waals surface area (Å²) in [6.07, 6.45) is 6.44. The summed E-state index contributed by atoms with van der Waals surface area (Å²) in [4.78, 5) is 27.5. The van der Waals surface area contributed by atoms with Crippen LogP contribution in [0.4, 0.5) is 0 Å². The number of hydrogen-bond donors (Lipinski definition) is 0. The van der Waals surface area contributed by atoms with E-state index in [2.05, 4.69) is 35.2 Å². The van der Waals surface area contributed by atoms with E-state index in [1.807, 2.05) is 17.0 Å². The minimum absolute atomic E-state index is 0.156. The topological polar surface area (TPSA) is 40.6 Å². The zero-order valence-electron chi connectivity index (χ0n) is 18.9. The van der Waals surface area contributed by atoms with Crippen molar-refractivity contribution in [3.8, 4) is 0 Å². The first-order valence-corrected chi connectivity index (χ1v) is 12.2. The van der Waals surface area contributed by atoms with E-state index in [9.17, 15) is 9.59 Å². The maximum Gasteiger partial charge on any atom is 0.219 e. The lowest BCUT2D eigenvalue weighted by Crippen LogP contribution is -2.36.